The van der Waals surface area contributed by atoms with Crippen molar-refractivity contribution in [3.8, 4) is 0 Å². The van der Waals surface area contributed by atoms with Gasteiger partial charge >= 0.3 is 6.30 Å². The van der Waals surface area contributed by atoms with Crippen molar-refractivity contribution in [3.63, 3.8) is 0 Å². The van der Waals surface area contributed by atoms with Gasteiger partial charge in [0.05, 0.1) is 0 Å². The van der Waals surface area contributed by atoms with Crippen molar-refractivity contribution >= 4 is 22.6 Å². The van der Waals surface area contributed by atoms with E-state index in [1.54, 1.807) is 22.6 Å². The zero-order valence-corrected chi connectivity index (χ0v) is 7.64. The second-order valence-electron chi connectivity index (χ2n) is 1.95. The van der Waals surface area contributed by atoms with Crippen LogP contribution >= 0.6 is 22.6 Å². The van der Waals surface area contributed by atoms with Gasteiger partial charge in [-0.05, 0) is 29.5 Å². The summed E-state index contributed by atoms with van der Waals surface area (Å²) < 4.78 is 36.5. The van der Waals surface area contributed by atoms with Crippen molar-refractivity contribution in [1.29, 1.82) is 0 Å². The molecular weight excluding hydrogens is 272 g/mol. The molecule has 0 aliphatic carbocycles. The Bertz CT molecular complexity index is 265. The maximum Gasteiger partial charge on any atom is 0.489 e. The molecule has 1 aromatic heterocycles. The summed E-state index contributed by atoms with van der Waals surface area (Å²) in [5.41, 5.74) is 0. The first-order chi connectivity index (χ1) is 4.91. The van der Waals surface area contributed by atoms with Crippen molar-refractivity contribution in [2.24, 2.45) is 0 Å². The van der Waals surface area contributed by atoms with Crippen molar-refractivity contribution in [1.82, 2.24) is 9.55 Å². The predicted octanol–water partition coefficient (Wildman–Crippen LogP) is 2.27. The Morgan fingerprint density at radius 1 is 1.55 bits per heavy atom. The third-order valence-electron chi connectivity index (χ3n) is 1.13. The van der Waals surface area contributed by atoms with E-state index in [-0.39, 0.29) is 10.4 Å². The number of nitrogens with zero attached hydrogens (tertiary/aromatic N) is 2. The molecular formula is C5H4F3IN2. The van der Waals surface area contributed by atoms with Crippen LogP contribution in [0.2, 0.25) is 0 Å². The fourth-order valence-corrected chi connectivity index (χ4v) is 1.32. The minimum atomic E-state index is -4.35. The van der Waals surface area contributed by atoms with Crippen LogP contribution < -0.4 is 0 Å². The molecule has 0 aliphatic heterocycles. The van der Waals surface area contributed by atoms with Crippen LogP contribution in [-0.4, -0.2) is 9.55 Å². The smallest absolute Gasteiger partial charge is 0.244 e. The molecule has 0 radical (unpaired) electrons. The largest absolute Gasteiger partial charge is 0.489 e. The van der Waals surface area contributed by atoms with E-state index in [1.165, 1.54) is 6.92 Å². The van der Waals surface area contributed by atoms with Crippen molar-refractivity contribution in [2.75, 3.05) is 0 Å². The van der Waals surface area contributed by atoms with Gasteiger partial charge in [0, 0.05) is 6.20 Å². The lowest BCUT2D eigenvalue weighted by Crippen LogP contribution is -2.16. The highest BCUT2D eigenvalue weighted by Gasteiger charge is 2.32. The summed E-state index contributed by atoms with van der Waals surface area (Å²) in [5, 5.41) is 0. The van der Waals surface area contributed by atoms with Gasteiger partial charge < -0.3 is 0 Å². The predicted molar refractivity (Wildman–Crippen MR) is 41.0 cm³/mol. The molecule has 0 spiro atoms. The summed E-state index contributed by atoms with van der Waals surface area (Å²) >= 11 is 1.73. The molecule has 0 saturated carbocycles. The fraction of sp³-hybridized carbons (Fsp3) is 0.400. The van der Waals surface area contributed by atoms with Gasteiger partial charge in [-0.15, -0.1) is 13.2 Å². The molecule has 1 aromatic rings. The van der Waals surface area contributed by atoms with Crippen molar-refractivity contribution in [2.45, 2.75) is 13.2 Å². The van der Waals surface area contributed by atoms with Gasteiger partial charge in [0.2, 0.25) is 0 Å². The van der Waals surface area contributed by atoms with Crippen LogP contribution in [0.1, 0.15) is 5.82 Å². The lowest BCUT2D eigenvalue weighted by molar-refractivity contribution is -0.205. The molecule has 0 saturated heterocycles. The van der Waals surface area contributed by atoms with Crippen LogP contribution in [0.25, 0.3) is 0 Å². The summed E-state index contributed by atoms with van der Waals surface area (Å²) in [5.74, 6) is -0.0399. The number of hydrogen-bond donors (Lipinski definition) is 0. The van der Waals surface area contributed by atoms with Crippen LogP contribution in [0, 0.1) is 10.6 Å². The first-order valence-corrected chi connectivity index (χ1v) is 3.78. The van der Waals surface area contributed by atoms with Crippen LogP contribution in [-0.2, 0) is 6.30 Å². The van der Waals surface area contributed by atoms with E-state index in [0.717, 1.165) is 6.20 Å². The van der Waals surface area contributed by atoms with E-state index in [0.29, 0.717) is 3.70 Å². The molecule has 1 rings (SSSR count). The summed E-state index contributed by atoms with van der Waals surface area (Å²) in [6.45, 7) is 1.32. The summed E-state index contributed by atoms with van der Waals surface area (Å²) in [7, 11) is 0. The zero-order valence-electron chi connectivity index (χ0n) is 5.48. The molecule has 62 valence electrons. The van der Waals surface area contributed by atoms with Crippen LogP contribution in [0.3, 0.4) is 0 Å². The minimum absolute atomic E-state index is 0.0399. The van der Waals surface area contributed by atoms with Gasteiger partial charge in [0.15, 0.2) is 0 Å². The van der Waals surface area contributed by atoms with E-state index in [2.05, 4.69) is 4.98 Å². The Labute approximate surface area is 74.6 Å². The van der Waals surface area contributed by atoms with Gasteiger partial charge in [-0.25, -0.2) is 9.55 Å². The first kappa shape index (κ1) is 8.82. The monoisotopic (exact) mass is 276 g/mol. The van der Waals surface area contributed by atoms with Gasteiger partial charge in [-0.1, -0.05) is 0 Å². The average Bonchev–Trinajstić information content (AvgIpc) is 2.08. The van der Waals surface area contributed by atoms with E-state index in [9.17, 15) is 13.2 Å². The number of imidazole rings is 1. The van der Waals surface area contributed by atoms with Crippen molar-refractivity contribution in [3.05, 3.63) is 15.7 Å². The maximum atomic E-state index is 12.0. The SMILES string of the molecule is Cc1nc(I)cn1C(F)(F)F. The number of aryl methyl sites for hydroxylation is 1. The quantitative estimate of drug-likeness (QED) is 0.665. The van der Waals surface area contributed by atoms with E-state index in [1.807, 2.05) is 0 Å². The molecule has 0 atom stereocenters. The lowest BCUT2D eigenvalue weighted by Gasteiger charge is -2.07. The zero-order chi connectivity index (χ0) is 8.65. The molecule has 0 fully saturated rings. The van der Waals surface area contributed by atoms with Crippen LogP contribution in [0.15, 0.2) is 6.20 Å². The normalized spacial score (nSPS) is 12.1. The number of halogens is 4. The molecule has 2 nitrogen and oxygen atoms in total. The highest BCUT2D eigenvalue weighted by atomic mass is 127. The Morgan fingerprint density at radius 3 is 2.27 bits per heavy atom. The third kappa shape index (κ3) is 1.85. The molecule has 0 N–H and O–H groups in total. The lowest BCUT2D eigenvalue weighted by atomic mass is 10.7. The second kappa shape index (κ2) is 2.65. The Morgan fingerprint density at radius 2 is 2.09 bits per heavy atom. The van der Waals surface area contributed by atoms with Crippen molar-refractivity contribution < 1.29 is 13.2 Å². The molecule has 0 aromatic carbocycles. The van der Waals surface area contributed by atoms with Gasteiger partial charge in [-0.2, -0.15) is 0 Å². The fourth-order valence-electron chi connectivity index (χ4n) is 0.694. The van der Waals surface area contributed by atoms with E-state index in [4.69, 9.17) is 0 Å². The van der Waals surface area contributed by atoms with Gasteiger partial charge in [0.1, 0.15) is 9.53 Å². The minimum Gasteiger partial charge on any atom is -0.244 e. The average molecular weight is 276 g/mol. The molecule has 0 unspecified atom stereocenters. The highest BCUT2D eigenvalue weighted by molar-refractivity contribution is 14.1. The molecule has 0 bridgehead atoms. The summed E-state index contributed by atoms with van der Waals surface area (Å²) in [4.78, 5) is 3.61. The standard InChI is InChI=1S/C5H4F3IN2/c1-3-10-4(9)2-11(3)5(6,7)8/h2H,1H3. The number of aromatic nitrogens is 2. The number of hydrogen-bond acceptors (Lipinski definition) is 1. The Hall–Kier alpha value is -0.270. The topological polar surface area (TPSA) is 17.8 Å². The molecule has 11 heavy (non-hydrogen) atoms. The Kier molecular flexibility index (Phi) is 2.13. The molecule has 0 amide bonds. The Balaban J connectivity index is 3.13. The van der Waals surface area contributed by atoms with Crippen LogP contribution in [0.5, 0.6) is 0 Å². The summed E-state index contributed by atoms with van der Waals surface area (Å²) in [6.07, 6.45) is -3.39. The highest BCUT2D eigenvalue weighted by Crippen LogP contribution is 2.24. The molecule has 0 aliphatic rings. The molecule has 6 heteroatoms. The molecule has 1 heterocycles. The number of rotatable bonds is 0. The van der Waals surface area contributed by atoms with Crippen LogP contribution in [0.4, 0.5) is 13.2 Å². The van der Waals surface area contributed by atoms with Gasteiger partial charge in [0.25, 0.3) is 0 Å². The maximum absolute atomic E-state index is 12.0. The summed E-state index contributed by atoms with van der Waals surface area (Å²) in [6, 6.07) is 0. The van der Waals surface area contributed by atoms with E-state index >= 15 is 0 Å². The number of alkyl halides is 3. The third-order valence-corrected chi connectivity index (χ3v) is 1.65. The van der Waals surface area contributed by atoms with Gasteiger partial charge in [-0.3, -0.25) is 0 Å². The first-order valence-electron chi connectivity index (χ1n) is 2.70. The van der Waals surface area contributed by atoms with E-state index < -0.39 is 6.30 Å². The second-order valence-corrected chi connectivity index (χ2v) is 3.05.